The number of hydrogen-bond donors (Lipinski definition) is 1. The number of aliphatic imine (C=N–C) groups is 1. The molecule has 2 unspecified atom stereocenters. The van der Waals surface area contributed by atoms with E-state index >= 15 is 0 Å². The third kappa shape index (κ3) is 1.92. The summed E-state index contributed by atoms with van der Waals surface area (Å²) in [7, 11) is 0. The minimum atomic E-state index is -0.0913. The molecule has 0 aromatic heterocycles. The lowest BCUT2D eigenvalue weighted by Crippen LogP contribution is -2.26. The first-order valence-electron chi connectivity index (χ1n) is 5.29. The van der Waals surface area contributed by atoms with Crippen LogP contribution in [0.15, 0.2) is 41.0 Å². The van der Waals surface area contributed by atoms with Gasteiger partial charge in [-0.3, -0.25) is 0 Å². The number of aliphatic hydroxyl groups is 1. The molecule has 1 N–H and O–H groups in total. The highest BCUT2D eigenvalue weighted by atomic mass is 79.9. The Morgan fingerprint density at radius 3 is 2.50 bits per heavy atom. The van der Waals surface area contributed by atoms with Gasteiger partial charge in [0.05, 0.1) is 4.83 Å². The number of nitrogens with zero attached hydrogens (tertiary/aromatic N) is 1. The fraction of sp³-hybridized carbons (Fsp3) is 0.308. The molecule has 16 heavy (non-hydrogen) atoms. The second kappa shape index (κ2) is 4.42. The number of rotatable bonds is 1. The van der Waals surface area contributed by atoms with Gasteiger partial charge in [0, 0.05) is 11.6 Å². The van der Waals surface area contributed by atoms with Gasteiger partial charge in [0.15, 0.2) is 5.90 Å². The van der Waals surface area contributed by atoms with Gasteiger partial charge in [-0.15, -0.1) is 0 Å². The summed E-state index contributed by atoms with van der Waals surface area (Å²) >= 11 is 3.47. The van der Waals surface area contributed by atoms with Crippen LogP contribution in [0.2, 0.25) is 0 Å². The zero-order chi connectivity index (χ0) is 11.7. The fourth-order valence-corrected chi connectivity index (χ4v) is 2.45. The number of allylic oxidation sites excluding steroid dienone is 2. The largest absolute Gasteiger partial charge is 0.496 e. The van der Waals surface area contributed by atoms with Crippen LogP contribution in [0.4, 0.5) is 0 Å². The lowest BCUT2D eigenvalue weighted by atomic mass is 9.88. The maximum Gasteiger partial charge on any atom is 0.200 e. The van der Waals surface area contributed by atoms with Crippen molar-refractivity contribution in [2.75, 3.05) is 0 Å². The topological polar surface area (TPSA) is 32.6 Å². The van der Waals surface area contributed by atoms with Crippen LogP contribution >= 0.6 is 15.9 Å². The zero-order valence-electron chi connectivity index (χ0n) is 9.31. The summed E-state index contributed by atoms with van der Waals surface area (Å²) in [5.74, 6) is 0.393. The van der Waals surface area contributed by atoms with Crippen molar-refractivity contribution in [3.05, 3.63) is 41.6 Å². The van der Waals surface area contributed by atoms with E-state index in [4.69, 9.17) is 0 Å². The lowest BCUT2D eigenvalue weighted by Gasteiger charge is -2.26. The van der Waals surface area contributed by atoms with Crippen molar-refractivity contribution in [2.24, 2.45) is 10.9 Å². The summed E-state index contributed by atoms with van der Waals surface area (Å²) in [4.78, 5) is 4.09. The van der Waals surface area contributed by atoms with Crippen molar-refractivity contribution in [2.45, 2.75) is 18.7 Å². The monoisotopic (exact) mass is 279 g/mol. The molecule has 0 amide bonds. The molecule has 1 heterocycles. The van der Waals surface area contributed by atoms with Crippen LogP contribution in [0.25, 0.3) is 5.57 Å². The summed E-state index contributed by atoms with van der Waals surface area (Å²) in [5.41, 5.74) is 3.26. The zero-order valence-corrected chi connectivity index (χ0v) is 10.9. The Kier molecular flexibility index (Phi) is 3.15. The first-order chi connectivity index (χ1) is 7.61. The minimum Gasteiger partial charge on any atom is -0.496 e. The van der Waals surface area contributed by atoms with Crippen LogP contribution in [0.1, 0.15) is 19.4 Å². The molecule has 2 atom stereocenters. The second-order valence-electron chi connectivity index (χ2n) is 4.03. The van der Waals surface area contributed by atoms with Gasteiger partial charge in [0.1, 0.15) is 0 Å². The molecular formula is C13H14BrNO. The van der Waals surface area contributed by atoms with Gasteiger partial charge in [-0.1, -0.05) is 53.2 Å². The Morgan fingerprint density at radius 1 is 1.25 bits per heavy atom. The molecule has 2 nitrogen and oxygen atoms in total. The van der Waals surface area contributed by atoms with Crippen molar-refractivity contribution in [3.63, 3.8) is 0 Å². The average molecular weight is 280 g/mol. The fourth-order valence-electron chi connectivity index (χ4n) is 2.08. The van der Waals surface area contributed by atoms with Crippen LogP contribution < -0.4 is 0 Å². The van der Waals surface area contributed by atoms with Crippen molar-refractivity contribution in [3.8, 4) is 0 Å². The molecule has 84 valence electrons. The van der Waals surface area contributed by atoms with Crippen LogP contribution in [-0.2, 0) is 0 Å². The Hall–Kier alpha value is -1.09. The van der Waals surface area contributed by atoms with Gasteiger partial charge in [-0.25, -0.2) is 4.99 Å². The molecule has 0 saturated carbocycles. The summed E-state index contributed by atoms with van der Waals surface area (Å²) in [6.07, 6.45) is 0. The molecule has 0 saturated heterocycles. The van der Waals surface area contributed by atoms with Gasteiger partial charge in [-0.05, 0) is 18.1 Å². The number of benzene rings is 1. The van der Waals surface area contributed by atoms with Crippen LogP contribution in [0.3, 0.4) is 0 Å². The van der Waals surface area contributed by atoms with E-state index in [9.17, 15) is 5.11 Å². The first-order valence-corrected chi connectivity index (χ1v) is 6.20. The Balaban J connectivity index is 2.51. The van der Waals surface area contributed by atoms with Gasteiger partial charge in [0.25, 0.3) is 0 Å². The number of aliphatic hydroxyl groups excluding tert-OH is 1. The third-order valence-electron chi connectivity index (χ3n) is 2.90. The SMILES string of the molecule is CC1=C(c2ccccc2)C(C)C(Br)C(O)=N1. The van der Waals surface area contributed by atoms with Crippen LogP contribution in [0, 0.1) is 5.92 Å². The molecular weight excluding hydrogens is 266 g/mol. The van der Waals surface area contributed by atoms with E-state index in [2.05, 4.69) is 40.0 Å². The molecule has 0 spiro atoms. The Morgan fingerprint density at radius 2 is 1.88 bits per heavy atom. The number of hydrogen-bond acceptors (Lipinski definition) is 1. The summed E-state index contributed by atoms with van der Waals surface area (Å²) in [6, 6.07) is 10.2. The molecule has 3 heteroatoms. The van der Waals surface area contributed by atoms with E-state index in [1.54, 1.807) is 0 Å². The quantitative estimate of drug-likeness (QED) is 0.780. The number of alkyl halides is 1. The van der Waals surface area contributed by atoms with E-state index in [0.29, 0.717) is 0 Å². The minimum absolute atomic E-state index is 0.0913. The lowest BCUT2D eigenvalue weighted by molar-refractivity contribution is 0.516. The molecule has 0 aliphatic carbocycles. The molecule has 0 fully saturated rings. The van der Waals surface area contributed by atoms with Crippen LogP contribution in [0.5, 0.6) is 0 Å². The summed E-state index contributed by atoms with van der Waals surface area (Å²) < 4.78 is 0. The van der Waals surface area contributed by atoms with E-state index in [1.807, 2.05) is 25.1 Å². The third-order valence-corrected chi connectivity index (χ3v) is 4.10. The molecule has 1 aliphatic rings. The van der Waals surface area contributed by atoms with Gasteiger partial charge < -0.3 is 5.11 Å². The highest BCUT2D eigenvalue weighted by Crippen LogP contribution is 2.36. The van der Waals surface area contributed by atoms with Crippen molar-refractivity contribution in [1.29, 1.82) is 0 Å². The van der Waals surface area contributed by atoms with E-state index in [-0.39, 0.29) is 16.6 Å². The molecule has 1 aliphatic heterocycles. The molecule has 0 bridgehead atoms. The highest BCUT2D eigenvalue weighted by Gasteiger charge is 2.29. The predicted molar refractivity (Wildman–Crippen MR) is 71.0 cm³/mol. The van der Waals surface area contributed by atoms with E-state index in [0.717, 1.165) is 5.70 Å². The smallest absolute Gasteiger partial charge is 0.200 e. The van der Waals surface area contributed by atoms with Crippen molar-refractivity contribution < 1.29 is 5.11 Å². The molecule has 2 rings (SSSR count). The maximum atomic E-state index is 9.65. The normalized spacial score (nSPS) is 25.6. The van der Waals surface area contributed by atoms with Crippen molar-refractivity contribution in [1.82, 2.24) is 0 Å². The van der Waals surface area contributed by atoms with Crippen LogP contribution in [-0.4, -0.2) is 15.8 Å². The highest BCUT2D eigenvalue weighted by molar-refractivity contribution is 9.10. The maximum absolute atomic E-state index is 9.65. The average Bonchev–Trinajstić information content (AvgIpc) is 2.28. The Bertz CT molecular complexity index is 450. The van der Waals surface area contributed by atoms with Gasteiger partial charge >= 0.3 is 0 Å². The Labute approximate surface area is 104 Å². The van der Waals surface area contributed by atoms with Gasteiger partial charge in [-0.2, -0.15) is 0 Å². The number of halogens is 1. The molecule has 1 aromatic carbocycles. The second-order valence-corrected chi connectivity index (χ2v) is 5.01. The molecule has 0 radical (unpaired) electrons. The van der Waals surface area contributed by atoms with E-state index < -0.39 is 0 Å². The van der Waals surface area contributed by atoms with Crippen molar-refractivity contribution >= 4 is 27.4 Å². The summed E-state index contributed by atoms with van der Waals surface area (Å²) in [6.45, 7) is 4.03. The first kappa shape index (κ1) is 11.4. The van der Waals surface area contributed by atoms with Gasteiger partial charge in [0.2, 0.25) is 0 Å². The molecule has 1 aromatic rings. The standard InChI is InChI=1S/C13H14BrNO/c1-8-11(10-6-4-3-5-7-10)9(2)15-13(16)12(8)14/h3-8,12H,1-2H3,(H,15,16). The van der Waals surface area contributed by atoms with E-state index in [1.165, 1.54) is 11.1 Å². The predicted octanol–water partition coefficient (Wildman–Crippen LogP) is 3.79. The summed E-state index contributed by atoms with van der Waals surface area (Å²) in [5, 5.41) is 9.65.